The van der Waals surface area contributed by atoms with Crippen LogP contribution in [-0.4, -0.2) is 35.7 Å². The van der Waals surface area contributed by atoms with Gasteiger partial charge in [0.1, 0.15) is 0 Å². The highest BCUT2D eigenvalue weighted by molar-refractivity contribution is 9.10. The third-order valence-corrected chi connectivity index (χ3v) is 3.63. The van der Waals surface area contributed by atoms with Gasteiger partial charge in [-0.1, -0.05) is 0 Å². The Kier molecular flexibility index (Phi) is 6.72. The molecule has 0 radical (unpaired) electrons. The summed E-state index contributed by atoms with van der Waals surface area (Å²) in [4.78, 5) is 22.3. The second-order valence-electron chi connectivity index (χ2n) is 3.73. The summed E-state index contributed by atoms with van der Waals surface area (Å²) in [6.07, 6.45) is 2.93. The molecular weight excluding hydrogens is 332 g/mol. The molecule has 1 rings (SSSR count). The summed E-state index contributed by atoms with van der Waals surface area (Å²) in [5.74, 6) is -0.00847. The van der Waals surface area contributed by atoms with Gasteiger partial charge in [0.15, 0.2) is 0 Å². The number of rotatable bonds is 6. The van der Waals surface area contributed by atoms with Crippen molar-refractivity contribution in [3.8, 4) is 0 Å². The maximum absolute atomic E-state index is 11.6. The van der Waals surface area contributed by atoms with Gasteiger partial charge < -0.3 is 15.7 Å². The van der Waals surface area contributed by atoms with E-state index in [9.17, 15) is 9.59 Å². The van der Waals surface area contributed by atoms with Gasteiger partial charge in [-0.3, -0.25) is 0 Å². The quantitative estimate of drug-likeness (QED) is 0.691. The van der Waals surface area contributed by atoms with E-state index in [1.165, 1.54) is 12.1 Å². The lowest BCUT2D eigenvalue weighted by atomic mass is 10.2. The Bertz CT molecular complexity index is 468. The van der Waals surface area contributed by atoms with Gasteiger partial charge in [0, 0.05) is 11.0 Å². The van der Waals surface area contributed by atoms with Crippen LogP contribution in [0.25, 0.3) is 0 Å². The van der Waals surface area contributed by atoms with E-state index in [4.69, 9.17) is 5.11 Å². The van der Waals surface area contributed by atoms with E-state index in [1.54, 1.807) is 17.8 Å². The van der Waals surface area contributed by atoms with Crippen molar-refractivity contribution in [2.45, 2.75) is 6.42 Å². The molecule has 0 aromatic heterocycles. The zero-order chi connectivity index (χ0) is 14.3. The predicted octanol–water partition coefficient (Wildman–Crippen LogP) is 3.02. The maximum Gasteiger partial charge on any atom is 0.335 e. The minimum absolute atomic E-state index is 0.165. The molecule has 1 aromatic carbocycles. The van der Waals surface area contributed by atoms with Crippen LogP contribution in [0.2, 0.25) is 0 Å². The molecule has 0 aliphatic carbocycles. The largest absolute Gasteiger partial charge is 0.478 e. The Morgan fingerprint density at radius 3 is 2.74 bits per heavy atom. The molecule has 0 atom stereocenters. The fourth-order valence-electron chi connectivity index (χ4n) is 1.33. The van der Waals surface area contributed by atoms with Crippen LogP contribution in [0.3, 0.4) is 0 Å². The third kappa shape index (κ3) is 5.52. The van der Waals surface area contributed by atoms with E-state index < -0.39 is 5.97 Å². The topological polar surface area (TPSA) is 78.4 Å². The summed E-state index contributed by atoms with van der Waals surface area (Å²) < 4.78 is 0.534. The monoisotopic (exact) mass is 346 g/mol. The van der Waals surface area contributed by atoms with Crippen molar-refractivity contribution in [3.63, 3.8) is 0 Å². The van der Waals surface area contributed by atoms with E-state index in [2.05, 4.69) is 26.6 Å². The molecule has 5 nitrogen and oxygen atoms in total. The van der Waals surface area contributed by atoms with E-state index in [0.717, 1.165) is 12.2 Å². The predicted molar refractivity (Wildman–Crippen MR) is 81.1 cm³/mol. The number of hydrogen-bond acceptors (Lipinski definition) is 3. The number of carbonyl (C=O) groups excluding carboxylic acids is 1. The number of urea groups is 1. The highest BCUT2D eigenvalue weighted by Gasteiger charge is 2.08. The summed E-state index contributed by atoms with van der Waals surface area (Å²) >= 11 is 4.96. The van der Waals surface area contributed by atoms with Crippen LogP contribution in [0, 0.1) is 0 Å². The Balaban J connectivity index is 2.52. The lowest BCUT2D eigenvalue weighted by Gasteiger charge is -2.09. The van der Waals surface area contributed by atoms with E-state index in [0.29, 0.717) is 16.7 Å². The van der Waals surface area contributed by atoms with Crippen molar-refractivity contribution in [1.82, 2.24) is 5.32 Å². The van der Waals surface area contributed by atoms with Crippen molar-refractivity contribution in [2.24, 2.45) is 0 Å². The number of halogens is 1. The van der Waals surface area contributed by atoms with Crippen LogP contribution in [-0.2, 0) is 0 Å². The first-order chi connectivity index (χ1) is 9.04. The zero-order valence-corrected chi connectivity index (χ0v) is 12.8. The molecular formula is C12H15BrN2O3S. The van der Waals surface area contributed by atoms with E-state index in [1.807, 2.05) is 6.26 Å². The van der Waals surface area contributed by atoms with Crippen LogP contribution in [0.1, 0.15) is 16.8 Å². The fourth-order valence-corrected chi connectivity index (χ4v) is 2.25. The fraction of sp³-hybridized carbons (Fsp3) is 0.333. The summed E-state index contributed by atoms with van der Waals surface area (Å²) in [5, 5.41) is 14.2. The Morgan fingerprint density at radius 1 is 1.42 bits per heavy atom. The average Bonchev–Trinajstić information content (AvgIpc) is 2.37. The summed E-state index contributed by atoms with van der Waals surface area (Å²) in [7, 11) is 0. The minimum Gasteiger partial charge on any atom is -0.478 e. The number of nitrogens with one attached hydrogen (secondary N) is 2. The first-order valence-corrected chi connectivity index (χ1v) is 7.80. The number of aromatic carboxylic acids is 1. The number of anilines is 1. The van der Waals surface area contributed by atoms with Gasteiger partial charge in [-0.25, -0.2) is 9.59 Å². The highest BCUT2D eigenvalue weighted by atomic mass is 79.9. The molecule has 2 amide bonds. The van der Waals surface area contributed by atoms with Crippen molar-refractivity contribution in [2.75, 3.05) is 23.9 Å². The molecule has 0 bridgehead atoms. The maximum atomic E-state index is 11.6. The number of carboxylic acid groups (broad SMARTS) is 1. The molecule has 19 heavy (non-hydrogen) atoms. The van der Waals surface area contributed by atoms with Crippen LogP contribution < -0.4 is 10.6 Å². The average molecular weight is 347 g/mol. The molecule has 0 aliphatic rings. The van der Waals surface area contributed by atoms with Gasteiger partial charge >= 0.3 is 12.0 Å². The Morgan fingerprint density at radius 2 is 2.16 bits per heavy atom. The van der Waals surface area contributed by atoms with Crippen LogP contribution >= 0.6 is 27.7 Å². The molecule has 7 heteroatoms. The van der Waals surface area contributed by atoms with Gasteiger partial charge in [-0.15, -0.1) is 0 Å². The first kappa shape index (κ1) is 15.8. The van der Waals surface area contributed by atoms with Gasteiger partial charge in [0.25, 0.3) is 0 Å². The first-order valence-electron chi connectivity index (χ1n) is 5.61. The lowest BCUT2D eigenvalue weighted by Crippen LogP contribution is -2.29. The number of hydrogen-bond donors (Lipinski definition) is 3. The number of benzene rings is 1. The number of carbonyl (C=O) groups is 2. The van der Waals surface area contributed by atoms with E-state index >= 15 is 0 Å². The highest BCUT2D eigenvalue weighted by Crippen LogP contribution is 2.23. The molecule has 0 spiro atoms. The van der Waals surface area contributed by atoms with Gasteiger partial charge in [-0.05, 0) is 52.6 Å². The number of carboxylic acids is 1. The van der Waals surface area contributed by atoms with Gasteiger partial charge in [0.05, 0.1) is 11.3 Å². The van der Waals surface area contributed by atoms with Crippen molar-refractivity contribution in [1.29, 1.82) is 0 Å². The van der Waals surface area contributed by atoms with Crippen molar-refractivity contribution in [3.05, 3.63) is 28.2 Å². The SMILES string of the molecule is CSCCCNC(=O)Nc1ccc(C(=O)O)cc1Br. The second kappa shape index (κ2) is 8.06. The molecule has 0 unspecified atom stereocenters. The van der Waals surface area contributed by atoms with Gasteiger partial charge in [-0.2, -0.15) is 11.8 Å². The molecule has 104 valence electrons. The molecule has 0 aliphatic heterocycles. The number of amides is 2. The summed E-state index contributed by atoms with van der Waals surface area (Å²) in [5.41, 5.74) is 0.699. The molecule has 0 saturated heterocycles. The van der Waals surface area contributed by atoms with Crippen LogP contribution in [0.5, 0.6) is 0 Å². The third-order valence-electron chi connectivity index (χ3n) is 2.28. The standard InChI is InChI=1S/C12H15BrN2O3S/c1-19-6-2-5-14-12(18)15-10-4-3-8(11(16)17)7-9(10)13/h3-4,7H,2,5-6H2,1H3,(H,16,17)(H2,14,15,18). The number of thioether (sulfide) groups is 1. The Hall–Kier alpha value is -1.21. The summed E-state index contributed by atoms with van der Waals surface area (Å²) in [6.45, 7) is 0.609. The second-order valence-corrected chi connectivity index (χ2v) is 5.57. The molecule has 0 saturated carbocycles. The normalized spacial score (nSPS) is 10.0. The van der Waals surface area contributed by atoms with Crippen molar-refractivity contribution < 1.29 is 14.7 Å². The Labute approximate surface area is 124 Å². The molecule has 0 heterocycles. The smallest absolute Gasteiger partial charge is 0.335 e. The zero-order valence-electron chi connectivity index (χ0n) is 10.4. The molecule has 3 N–H and O–H groups in total. The molecule has 1 aromatic rings. The van der Waals surface area contributed by atoms with Crippen LogP contribution in [0.15, 0.2) is 22.7 Å². The van der Waals surface area contributed by atoms with E-state index in [-0.39, 0.29) is 11.6 Å². The summed E-state index contributed by atoms with van der Waals surface area (Å²) in [6, 6.07) is 4.14. The lowest BCUT2D eigenvalue weighted by molar-refractivity contribution is 0.0697. The molecule has 0 fully saturated rings. The minimum atomic E-state index is -1.01. The van der Waals surface area contributed by atoms with Gasteiger partial charge in [0.2, 0.25) is 0 Å². The van der Waals surface area contributed by atoms with Crippen molar-refractivity contribution >= 4 is 45.4 Å². The van der Waals surface area contributed by atoms with Crippen LogP contribution in [0.4, 0.5) is 10.5 Å².